The number of phenols is 1. The van der Waals surface area contributed by atoms with Crippen molar-refractivity contribution in [2.75, 3.05) is 18.9 Å². The topological polar surface area (TPSA) is 89.9 Å². The number of anilines is 1. The lowest BCUT2D eigenvalue weighted by molar-refractivity contribution is 0.0694. The lowest BCUT2D eigenvalue weighted by Crippen LogP contribution is -2.34. The molecule has 0 bridgehead atoms. The summed E-state index contributed by atoms with van der Waals surface area (Å²) in [4.78, 5) is 24.5. The number of hydrogen-bond acceptors (Lipinski definition) is 3. The van der Waals surface area contributed by atoms with Gasteiger partial charge in [-0.15, -0.1) is 0 Å². The van der Waals surface area contributed by atoms with Gasteiger partial charge in [0.2, 0.25) is 0 Å². The van der Waals surface area contributed by atoms with Gasteiger partial charge in [-0.1, -0.05) is 12.8 Å². The molecule has 0 saturated heterocycles. The van der Waals surface area contributed by atoms with Crippen molar-refractivity contribution in [3.8, 4) is 5.75 Å². The Morgan fingerprint density at radius 2 is 2.00 bits per heavy atom. The zero-order valence-electron chi connectivity index (χ0n) is 12.0. The van der Waals surface area contributed by atoms with Gasteiger partial charge in [-0.25, -0.2) is 9.59 Å². The van der Waals surface area contributed by atoms with Gasteiger partial charge in [-0.2, -0.15) is 0 Å². The standard InChI is InChI=1S/C15H20N2O4/c1-17(9-10-4-2-3-5-10)15(21)16-11-6-7-12(14(19)20)13(18)8-11/h6-8,10,18H,2-5,9H2,1H3,(H,16,21)(H,19,20). The molecule has 2 amide bonds. The van der Waals surface area contributed by atoms with E-state index in [-0.39, 0.29) is 17.3 Å². The average molecular weight is 292 g/mol. The first-order valence-corrected chi connectivity index (χ1v) is 7.06. The van der Waals surface area contributed by atoms with Crippen LogP contribution in [0.5, 0.6) is 5.75 Å². The minimum atomic E-state index is -1.20. The van der Waals surface area contributed by atoms with Crippen LogP contribution in [-0.4, -0.2) is 40.7 Å². The van der Waals surface area contributed by atoms with Crippen LogP contribution in [0.25, 0.3) is 0 Å². The van der Waals surface area contributed by atoms with Crippen LogP contribution in [-0.2, 0) is 0 Å². The quantitative estimate of drug-likeness (QED) is 0.796. The third kappa shape index (κ3) is 3.87. The molecule has 6 nitrogen and oxygen atoms in total. The second-order valence-electron chi connectivity index (χ2n) is 5.50. The molecule has 114 valence electrons. The highest BCUT2D eigenvalue weighted by atomic mass is 16.4. The van der Waals surface area contributed by atoms with Crippen LogP contribution in [0, 0.1) is 5.92 Å². The Morgan fingerprint density at radius 3 is 2.57 bits per heavy atom. The van der Waals surface area contributed by atoms with Gasteiger partial charge < -0.3 is 20.4 Å². The summed E-state index contributed by atoms with van der Waals surface area (Å²) in [6, 6.07) is 3.71. The van der Waals surface area contributed by atoms with Crippen LogP contribution in [0.4, 0.5) is 10.5 Å². The number of nitrogens with zero attached hydrogens (tertiary/aromatic N) is 1. The number of carboxylic acids is 1. The van der Waals surface area contributed by atoms with Crippen molar-refractivity contribution in [2.45, 2.75) is 25.7 Å². The van der Waals surface area contributed by atoms with Gasteiger partial charge >= 0.3 is 12.0 Å². The number of urea groups is 1. The molecule has 1 aliphatic rings. The van der Waals surface area contributed by atoms with Gasteiger partial charge in [0.25, 0.3) is 0 Å². The predicted molar refractivity (Wildman–Crippen MR) is 78.7 cm³/mol. The Bertz CT molecular complexity index is 538. The van der Waals surface area contributed by atoms with Crippen LogP contribution < -0.4 is 5.32 Å². The Labute approximate surface area is 123 Å². The summed E-state index contributed by atoms with van der Waals surface area (Å²) in [5.74, 6) is -1.01. The monoisotopic (exact) mass is 292 g/mol. The highest BCUT2D eigenvalue weighted by Gasteiger charge is 2.19. The average Bonchev–Trinajstić information content (AvgIpc) is 2.91. The van der Waals surface area contributed by atoms with E-state index in [1.807, 2.05) is 0 Å². The van der Waals surface area contributed by atoms with E-state index in [9.17, 15) is 14.7 Å². The van der Waals surface area contributed by atoms with Crippen molar-refractivity contribution in [3.05, 3.63) is 23.8 Å². The summed E-state index contributed by atoms with van der Waals surface area (Å²) < 4.78 is 0. The van der Waals surface area contributed by atoms with Crippen molar-refractivity contribution in [2.24, 2.45) is 5.92 Å². The smallest absolute Gasteiger partial charge is 0.339 e. The Balaban J connectivity index is 1.95. The number of rotatable bonds is 4. The van der Waals surface area contributed by atoms with Crippen LogP contribution in [0.2, 0.25) is 0 Å². The fraction of sp³-hybridized carbons (Fsp3) is 0.467. The number of amides is 2. The summed E-state index contributed by atoms with van der Waals surface area (Å²) >= 11 is 0. The Kier molecular flexibility index (Phi) is 4.67. The molecule has 0 unspecified atom stereocenters. The van der Waals surface area contributed by atoms with E-state index < -0.39 is 5.97 Å². The minimum absolute atomic E-state index is 0.188. The van der Waals surface area contributed by atoms with E-state index in [0.717, 1.165) is 12.8 Å². The van der Waals surface area contributed by atoms with Gasteiger partial charge in [-0.05, 0) is 30.9 Å². The molecule has 3 N–H and O–H groups in total. The number of hydrogen-bond donors (Lipinski definition) is 3. The van der Waals surface area contributed by atoms with Gasteiger partial charge in [-0.3, -0.25) is 0 Å². The highest BCUT2D eigenvalue weighted by molar-refractivity contribution is 5.93. The van der Waals surface area contributed by atoms with Gasteiger partial charge in [0, 0.05) is 25.3 Å². The van der Waals surface area contributed by atoms with E-state index >= 15 is 0 Å². The van der Waals surface area contributed by atoms with Crippen molar-refractivity contribution >= 4 is 17.7 Å². The van der Waals surface area contributed by atoms with Crippen molar-refractivity contribution in [3.63, 3.8) is 0 Å². The number of aromatic carboxylic acids is 1. The number of benzene rings is 1. The first-order chi connectivity index (χ1) is 9.97. The summed E-state index contributed by atoms with van der Waals surface area (Å²) in [5, 5.41) is 21.1. The van der Waals surface area contributed by atoms with Crippen LogP contribution in [0.1, 0.15) is 36.0 Å². The van der Waals surface area contributed by atoms with E-state index in [1.165, 1.54) is 31.0 Å². The molecule has 1 aromatic rings. The lowest BCUT2D eigenvalue weighted by Gasteiger charge is -2.21. The minimum Gasteiger partial charge on any atom is -0.507 e. The van der Waals surface area contributed by atoms with Gasteiger partial charge in [0.05, 0.1) is 0 Å². The SMILES string of the molecule is CN(CC1CCCC1)C(=O)Nc1ccc(C(=O)O)c(O)c1. The maximum Gasteiger partial charge on any atom is 0.339 e. The molecule has 0 atom stereocenters. The van der Waals surface area contributed by atoms with Crippen molar-refractivity contribution in [1.29, 1.82) is 0 Å². The number of carbonyl (C=O) groups is 2. The molecule has 1 fully saturated rings. The second-order valence-corrected chi connectivity index (χ2v) is 5.50. The highest BCUT2D eigenvalue weighted by Crippen LogP contribution is 2.26. The molecule has 1 saturated carbocycles. The number of carbonyl (C=O) groups excluding carboxylic acids is 1. The van der Waals surface area contributed by atoms with Crippen LogP contribution in [0.15, 0.2) is 18.2 Å². The number of carboxylic acid groups (broad SMARTS) is 1. The lowest BCUT2D eigenvalue weighted by atomic mass is 10.1. The molecule has 0 aliphatic heterocycles. The third-order valence-corrected chi connectivity index (χ3v) is 3.83. The van der Waals surface area contributed by atoms with Gasteiger partial charge in [0.1, 0.15) is 11.3 Å². The molecule has 1 aromatic carbocycles. The normalized spacial score (nSPS) is 14.9. The molecule has 1 aliphatic carbocycles. The largest absolute Gasteiger partial charge is 0.507 e. The zero-order chi connectivity index (χ0) is 15.4. The molecule has 0 radical (unpaired) electrons. The van der Waals surface area contributed by atoms with Crippen molar-refractivity contribution < 1.29 is 19.8 Å². The van der Waals surface area contributed by atoms with E-state index in [2.05, 4.69) is 5.32 Å². The first-order valence-electron chi connectivity index (χ1n) is 7.06. The summed E-state index contributed by atoms with van der Waals surface area (Å²) in [6.45, 7) is 0.713. The molecular weight excluding hydrogens is 272 g/mol. The van der Waals surface area contributed by atoms with E-state index in [1.54, 1.807) is 11.9 Å². The number of aromatic hydroxyl groups is 1. The van der Waals surface area contributed by atoms with Gasteiger partial charge in [0.15, 0.2) is 0 Å². The van der Waals surface area contributed by atoms with E-state index in [0.29, 0.717) is 18.2 Å². The maximum absolute atomic E-state index is 12.0. The van der Waals surface area contributed by atoms with E-state index in [4.69, 9.17) is 5.11 Å². The maximum atomic E-state index is 12.0. The molecular formula is C15H20N2O4. The Hall–Kier alpha value is -2.24. The first kappa shape index (κ1) is 15.2. The fourth-order valence-electron chi connectivity index (χ4n) is 2.67. The Morgan fingerprint density at radius 1 is 1.33 bits per heavy atom. The number of nitrogens with one attached hydrogen (secondary N) is 1. The molecule has 21 heavy (non-hydrogen) atoms. The van der Waals surface area contributed by atoms with Crippen molar-refractivity contribution in [1.82, 2.24) is 4.90 Å². The van der Waals surface area contributed by atoms with Crippen LogP contribution in [0.3, 0.4) is 0 Å². The molecule has 2 rings (SSSR count). The van der Waals surface area contributed by atoms with Crippen LogP contribution >= 0.6 is 0 Å². The summed E-state index contributed by atoms with van der Waals surface area (Å²) in [5.41, 5.74) is 0.188. The molecule has 0 spiro atoms. The summed E-state index contributed by atoms with van der Waals surface area (Å²) in [6.07, 6.45) is 4.77. The second kappa shape index (κ2) is 6.47. The molecule has 6 heteroatoms. The third-order valence-electron chi connectivity index (χ3n) is 3.83. The zero-order valence-corrected chi connectivity index (χ0v) is 12.0. The predicted octanol–water partition coefficient (Wildman–Crippen LogP) is 2.74. The summed E-state index contributed by atoms with van der Waals surface area (Å²) in [7, 11) is 1.74. The molecule has 0 aromatic heterocycles. The fourth-order valence-corrected chi connectivity index (χ4v) is 2.67. The molecule has 0 heterocycles.